The Morgan fingerprint density at radius 1 is 1.70 bits per heavy atom. The monoisotopic (exact) mass is 138 g/mol. The predicted octanol–water partition coefficient (Wildman–Crippen LogP) is 1.16. The lowest BCUT2D eigenvalue weighted by molar-refractivity contribution is 0.384. The van der Waals surface area contributed by atoms with E-state index < -0.39 is 0 Å². The average molecular weight is 138 g/mol. The fourth-order valence-electron chi connectivity index (χ4n) is 0.815. The van der Waals surface area contributed by atoms with E-state index in [2.05, 4.69) is 9.97 Å². The van der Waals surface area contributed by atoms with Crippen LogP contribution in [0.1, 0.15) is 0 Å². The number of ether oxygens (including phenoxy) is 1. The number of furan rings is 1. The Kier molecular flexibility index (Phi) is 0.943. The quantitative estimate of drug-likeness (QED) is 0.643. The van der Waals surface area contributed by atoms with E-state index in [-0.39, 0.29) is 0 Å². The maximum Gasteiger partial charge on any atom is 0.297 e. The van der Waals surface area contributed by atoms with Gasteiger partial charge in [-0.3, -0.25) is 0 Å². The molecule has 2 rings (SSSR count). The first-order valence-electron chi connectivity index (χ1n) is 2.87. The summed E-state index contributed by atoms with van der Waals surface area (Å²) in [5.74, 6) is 0. The summed E-state index contributed by atoms with van der Waals surface area (Å²) in [5.41, 5.74) is 1.44. The van der Waals surface area contributed by atoms with E-state index in [1.165, 1.54) is 0 Å². The van der Waals surface area contributed by atoms with Gasteiger partial charge < -0.3 is 14.1 Å². The van der Waals surface area contributed by atoms with Crippen LogP contribution >= 0.6 is 0 Å². The lowest BCUT2D eigenvalue weighted by atomic mass is 10.6. The second kappa shape index (κ2) is 1.76. The molecule has 0 saturated heterocycles. The molecule has 0 aliphatic rings. The minimum atomic E-state index is 0.481. The second-order valence-electron chi connectivity index (χ2n) is 1.89. The number of aromatic nitrogens is 2. The molecule has 2 aromatic rings. The smallest absolute Gasteiger partial charge is 0.297 e. The van der Waals surface area contributed by atoms with E-state index in [0.717, 1.165) is 5.52 Å². The van der Waals surface area contributed by atoms with Gasteiger partial charge in [0, 0.05) is 6.07 Å². The maximum absolute atomic E-state index is 4.98. The highest BCUT2D eigenvalue weighted by molar-refractivity contribution is 5.69. The molecular formula is C6H6N2O2. The Labute approximate surface area is 56.8 Å². The number of hydrogen-bond donors (Lipinski definition) is 1. The molecule has 4 heteroatoms. The molecule has 0 aliphatic heterocycles. The molecule has 0 spiro atoms. The largest absolute Gasteiger partial charge is 0.468 e. The molecular weight excluding hydrogens is 132 g/mol. The van der Waals surface area contributed by atoms with Gasteiger partial charge in [-0.15, -0.1) is 0 Å². The van der Waals surface area contributed by atoms with Crippen LogP contribution in [0, 0.1) is 0 Å². The zero-order valence-electron chi connectivity index (χ0n) is 5.42. The Morgan fingerprint density at radius 2 is 2.60 bits per heavy atom. The summed E-state index contributed by atoms with van der Waals surface area (Å²) in [4.78, 5) is 6.84. The van der Waals surface area contributed by atoms with Crippen molar-refractivity contribution < 1.29 is 9.15 Å². The van der Waals surface area contributed by atoms with Gasteiger partial charge in [0.2, 0.25) is 5.71 Å². The summed E-state index contributed by atoms with van der Waals surface area (Å²) in [6, 6.07) is 2.28. The summed E-state index contributed by atoms with van der Waals surface area (Å²) in [7, 11) is 1.55. The Balaban J connectivity index is 2.67. The predicted molar refractivity (Wildman–Crippen MR) is 34.9 cm³/mol. The number of aromatic amines is 1. The lowest BCUT2D eigenvalue weighted by Gasteiger charge is -1.86. The van der Waals surface area contributed by atoms with Crippen LogP contribution < -0.4 is 4.74 Å². The van der Waals surface area contributed by atoms with E-state index in [9.17, 15) is 0 Å². The van der Waals surface area contributed by atoms with Gasteiger partial charge in [-0.25, -0.2) is 0 Å². The number of methoxy groups -OCH3 is 1. The van der Waals surface area contributed by atoms with E-state index in [1.54, 1.807) is 19.4 Å². The van der Waals surface area contributed by atoms with Crippen molar-refractivity contribution in [2.24, 2.45) is 0 Å². The Hall–Kier alpha value is -1.45. The third kappa shape index (κ3) is 0.586. The van der Waals surface area contributed by atoms with Crippen molar-refractivity contribution in [3.05, 3.63) is 12.3 Å². The van der Waals surface area contributed by atoms with Gasteiger partial charge in [0.1, 0.15) is 5.52 Å². The molecule has 0 bridgehead atoms. The molecule has 0 amide bonds. The fraction of sp³-hybridized carbons (Fsp3) is 0.167. The highest BCUT2D eigenvalue weighted by atomic mass is 16.5. The van der Waals surface area contributed by atoms with Crippen molar-refractivity contribution in [1.29, 1.82) is 0 Å². The van der Waals surface area contributed by atoms with Crippen molar-refractivity contribution in [2.75, 3.05) is 7.11 Å². The second-order valence-corrected chi connectivity index (χ2v) is 1.89. The lowest BCUT2D eigenvalue weighted by Crippen LogP contribution is -1.82. The van der Waals surface area contributed by atoms with Crippen LogP contribution in [0.2, 0.25) is 0 Å². The normalized spacial score (nSPS) is 10.5. The van der Waals surface area contributed by atoms with Gasteiger partial charge in [-0.1, -0.05) is 0 Å². The summed E-state index contributed by atoms with van der Waals surface area (Å²) >= 11 is 0. The number of hydrogen-bond acceptors (Lipinski definition) is 3. The van der Waals surface area contributed by atoms with Gasteiger partial charge in [0.25, 0.3) is 6.01 Å². The first kappa shape index (κ1) is 5.34. The molecule has 2 heterocycles. The highest BCUT2D eigenvalue weighted by Gasteiger charge is 2.02. The van der Waals surface area contributed by atoms with Crippen LogP contribution in [0.25, 0.3) is 11.2 Å². The molecule has 1 N–H and O–H groups in total. The topological polar surface area (TPSA) is 51.1 Å². The summed E-state index contributed by atoms with van der Waals surface area (Å²) in [6.07, 6.45) is 1.58. The first-order chi connectivity index (χ1) is 4.90. The molecule has 4 nitrogen and oxygen atoms in total. The number of imidazole rings is 1. The summed E-state index contributed by atoms with van der Waals surface area (Å²) in [6.45, 7) is 0. The van der Waals surface area contributed by atoms with Gasteiger partial charge >= 0.3 is 0 Å². The standard InChI is InChI=1S/C6H6N2O2/c1-9-6-7-4-2-3-10-5(4)8-6/h2-3H,1H3,(H,7,8). The first-order valence-corrected chi connectivity index (χ1v) is 2.87. The SMILES string of the molecule is COc1nc2occc2[nH]1. The molecule has 0 aliphatic carbocycles. The number of rotatable bonds is 1. The van der Waals surface area contributed by atoms with Crippen LogP contribution in [0.4, 0.5) is 0 Å². The van der Waals surface area contributed by atoms with Crippen molar-refractivity contribution in [2.45, 2.75) is 0 Å². The third-order valence-corrected chi connectivity index (χ3v) is 1.28. The number of nitrogens with one attached hydrogen (secondary N) is 1. The van der Waals surface area contributed by atoms with Gasteiger partial charge in [-0.05, 0) is 0 Å². The van der Waals surface area contributed by atoms with Crippen LogP contribution in [0.3, 0.4) is 0 Å². The number of nitrogens with zero attached hydrogens (tertiary/aromatic N) is 1. The van der Waals surface area contributed by atoms with Crippen LogP contribution in [-0.2, 0) is 0 Å². The minimum Gasteiger partial charge on any atom is -0.468 e. The molecule has 10 heavy (non-hydrogen) atoms. The van der Waals surface area contributed by atoms with E-state index in [0.29, 0.717) is 11.7 Å². The van der Waals surface area contributed by atoms with Gasteiger partial charge in [-0.2, -0.15) is 4.98 Å². The van der Waals surface area contributed by atoms with Gasteiger partial charge in [0.15, 0.2) is 0 Å². The van der Waals surface area contributed by atoms with Crippen molar-refractivity contribution in [3.63, 3.8) is 0 Å². The molecule has 2 aromatic heterocycles. The number of H-pyrrole nitrogens is 1. The van der Waals surface area contributed by atoms with E-state index >= 15 is 0 Å². The fourth-order valence-corrected chi connectivity index (χ4v) is 0.815. The van der Waals surface area contributed by atoms with Crippen LogP contribution in [-0.4, -0.2) is 17.1 Å². The molecule has 52 valence electrons. The van der Waals surface area contributed by atoms with Crippen LogP contribution in [0.15, 0.2) is 16.7 Å². The minimum absolute atomic E-state index is 0.481. The molecule has 0 fully saturated rings. The van der Waals surface area contributed by atoms with E-state index in [1.807, 2.05) is 0 Å². The van der Waals surface area contributed by atoms with Crippen LogP contribution in [0.5, 0.6) is 6.01 Å². The molecule has 0 saturated carbocycles. The zero-order chi connectivity index (χ0) is 6.97. The van der Waals surface area contributed by atoms with Crippen molar-refractivity contribution in [3.8, 4) is 6.01 Å². The van der Waals surface area contributed by atoms with Crippen molar-refractivity contribution in [1.82, 2.24) is 9.97 Å². The van der Waals surface area contributed by atoms with E-state index in [4.69, 9.17) is 9.15 Å². The molecule has 0 radical (unpaired) electrons. The summed E-state index contributed by atoms with van der Waals surface area (Å²) in [5, 5.41) is 0. The zero-order valence-corrected chi connectivity index (χ0v) is 5.42. The third-order valence-electron chi connectivity index (χ3n) is 1.28. The number of fused-ring (bicyclic) bond motifs is 1. The maximum atomic E-state index is 4.98. The molecule has 0 unspecified atom stereocenters. The average Bonchev–Trinajstić information content (AvgIpc) is 2.42. The molecule has 0 atom stereocenters. The van der Waals surface area contributed by atoms with Crippen molar-refractivity contribution >= 4 is 11.2 Å². The summed E-state index contributed by atoms with van der Waals surface area (Å²) < 4.78 is 9.81. The highest BCUT2D eigenvalue weighted by Crippen LogP contribution is 2.15. The Morgan fingerprint density at radius 3 is 3.30 bits per heavy atom. The van der Waals surface area contributed by atoms with Gasteiger partial charge in [0.05, 0.1) is 13.4 Å². The Bertz CT molecular complexity index is 307. The molecule has 0 aromatic carbocycles.